The van der Waals surface area contributed by atoms with Crippen LogP contribution in [0.25, 0.3) is 4.85 Å². The fourth-order valence-corrected chi connectivity index (χ4v) is 4.88. The molecule has 206 valence electrons. The lowest BCUT2D eigenvalue weighted by Gasteiger charge is -2.13. The number of nitrogens with one attached hydrogen (secondary N) is 1. The summed E-state index contributed by atoms with van der Waals surface area (Å²) >= 11 is 0. The minimum Gasteiger partial charge on any atom is -0.503 e. The molecule has 0 amide bonds. The Morgan fingerprint density at radius 1 is 1.05 bits per heavy atom. The molecule has 0 aliphatic carbocycles. The van der Waals surface area contributed by atoms with Gasteiger partial charge in [-0.15, -0.1) is 5.11 Å². The first-order chi connectivity index (χ1) is 18.4. The van der Waals surface area contributed by atoms with Gasteiger partial charge < -0.3 is 14.9 Å². The molecule has 0 unspecified atom stereocenters. The van der Waals surface area contributed by atoms with Gasteiger partial charge in [-0.05, 0) is 55.0 Å². The van der Waals surface area contributed by atoms with Crippen LogP contribution in [0.3, 0.4) is 0 Å². The average molecular weight is 578 g/mol. The largest absolute Gasteiger partial charge is 0.503 e. The van der Waals surface area contributed by atoms with E-state index in [0.29, 0.717) is 0 Å². The van der Waals surface area contributed by atoms with Gasteiger partial charge in [0, 0.05) is 0 Å². The van der Waals surface area contributed by atoms with E-state index >= 15 is 0 Å². The fourth-order valence-electron chi connectivity index (χ4n) is 3.31. The van der Waals surface area contributed by atoms with Crippen LogP contribution < -0.4 is 10.3 Å². The normalized spacial score (nSPS) is 11.9. The summed E-state index contributed by atoms with van der Waals surface area (Å²) in [5, 5.41) is 27.0. The van der Waals surface area contributed by atoms with E-state index in [0.717, 1.165) is 16.7 Å². The van der Waals surface area contributed by atoms with Crippen LogP contribution in [0.1, 0.15) is 5.56 Å². The molecule has 39 heavy (non-hydrogen) atoms. The quantitative estimate of drug-likeness (QED) is 0.114. The Hall–Kier alpha value is -4.14. The number of sulfonamides is 1. The minimum absolute atomic E-state index is 0.0187. The van der Waals surface area contributed by atoms with Gasteiger partial charge >= 0.3 is 0 Å². The van der Waals surface area contributed by atoms with Gasteiger partial charge in [0.25, 0.3) is 25.7 Å². The summed E-state index contributed by atoms with van der Waals surface area (Å²) in [7, 11) is -8.68. The third-order valence-corrected chi connectivity index (χ3v) is 7.48. The van der Waals surface area contributed by atoms with Gasteiger partial charge in [0.05, 0.1) is 54.1 Å². The van der Waals surface area contributed by atoms with E-state index in [4.69, 9.17) is 21.0 Å². The SMILES string of the molecule is [C-]#[N+]c1c(C)c(N=Nc2ccc(S(=O)(=O)Nc3cccc(S(=O)(=O)O)c3)cc2)c(=O)n(CCOCCO)c1O. The van der Waals surface area contributed by atoms with Crippen molar-refractivity contribution in [3.8, 4) is 5.88 Å². The molecule has 1 heterocycles. The second-order valence-corrected chi connectivity index (χ2v) is 11.0. The molecule has 3 aromatic rings. The zero-order valence-electron chi connectivity index (χ0n) is 20.3. The molecule has 0 aliphatic heterocycles. The second kappa shape index (κ2) is 12.1. The van der Waals surface area contributed by atoms with Gasteiger partial charge in [0.2, 0.25) is 5.69 Å². The number of hydrogen-bond donors (Lipinski definition) is 4. The summed E-state index contributed by atoms with van der Waals surface area (Å²) in [6.45, 7) is 8.44. The monoisotopic (exact) mass is 577 g/mol. The van der Waals surface area contributed by atoms with Crippen molar-refractivity contribution in [2.45, 2.75) is 23.3 Å². The fraction of sp³-hybridized carbons (Fsp3) is 0.217. The summed E-state index contributed by atoms with van der Waals surface area (Å²) in [5.74, 6) is -0.553. The van der Waals surface area contributed by atoms with Crippen molar-refractivity contribution in [2.75, 3.05) is 24.5 Å². The summed E-state index contributed by atoms with van der Waals surface area (Å²) < 4.78 is 65.4. The summed E-state index contributed by atoms with van der Waals surface area (Å²) in [4.78, 5) is 15.5. The van der Waals surface area contributed by atoms with Crippen LogP contribution in [-0.2, 0) is 31.4 Å². The molecule has 0 atom stereocenters. The van der Waals surface area contributed by atoms with Crippen LogP contribution in [-0.4, -0.2) is 56.0 Å². The standard InChI is InChI=1S/C23H23N5O9S2/c1-15-20(24-2)22(30)28(10-12-37-13-11-29)23(31)21(15)26-25-16-6-8-18(9-7-16)38(32,33)27-17-4-3-5-19(14-17)39(34,35)36/h3-9,14,27,29-30H,10-13H2,1H3,(H,34,35,36). The van der Waals surface area contributed by atoms with E-state index in [1.807, 2.05) is 0 Å². The smallest absolute Gasteiger partial charge is 0.294 e. The lowest BCUT2D eigenvalue weighted by molar-refractivity contribution is 0.0855. The number of rotatable bonds is 11. The van der Waals surface area contributed by atoms with Gasteiger partial charge in [0.1, 0.15) is 5.69 Å². The predicted octanol–water partition coefficient (Wildman–Crippen LogP) is 2.88. The van der Waals surface area contributed by atoms with E-state index in [1.165, 1.54) is 43.3 Å². The summed E-state index contributed by atoms with van der Waals surface area (Å²) in [5.41, 5.74) is -0.973. The topological polar surface area (TPSA) is 201 Å². The number of hydrogen-bond acceptors (Lipinski definition) is 10. The van der Waals surface area contributed by atoms with Crippen LogP contribution >= 0.6 is 0 Å². The first-order valence-corrected chi connectivity index (χ1v) is 14.0. The Kier molecular flexibility index (Phi) is 9.16. The zero-order chi connectivity index (χ0) is 28.8. The Balaban J connectivity index is 1.86. The second-order valence-electron chi connectivity index (χ2n) is 7.85. The van der Waals surface area contributed by atoms with Crippen LogP contribution in [0.4, 0.5) is 22.7 Å². The molecule has 0 bridgehead atoms. The van der Waals surface area contributed by atoms with Crippen molar-refractivity contribution in [3.05, 3.63) is 75.9 Å². The molecule has 14 nitrogen and oxygen atoms in total. The number of ether oxygens (including phenoxy) is 1. The van der Waals surface area contributed by atoms with Crippen molar-refractivity contribution in [2.24, 2.45) is 10.2 Å². The third-order valence-electron chi connectivity index (χ3n) is 5.23. The number of anilines is 1. The summed E-state index contributed by atoms with van der Waals surface area (Å²) in [6, 6.07) is 9.63. The molecule has 2 aromatic carbocycles. The van der Waals surface area contributed by atoms with Crippen LogP contribution in [0.5, 0.6) is 5.88 Å². The van der Waals surface area contributed by atoms with E-state index in [1.54, 1.807) is 0 Å². The number of aliphatic hydroxyl groups excluding tert-OH is 1. The highest BCUT2D eigenvalue weighted by atomic mass is 32.2. The molecule has 0 saturated heterocycles. The molecule has 4 N–H and O–H groups in total. The molecule has 16 heteroatoms. The van der Waals surface area contributed by atoms with Crippen molar-refractivity contribution < 1.29 is 36.3 Å². The molecular formula is C23H23N5O9S2. The van der Waals surface area contributed by atoms with E-state index in [2.05, 4.69) is 19.8 Å². The number of aromatic hydroxyl groups is 1. The third kappa shape index (κ3) is 7.04. The number of azo groups is 1. The van der Waals surface area contributed by atoms with Crippen LogP contribution in [0.2, 0.25) is 0 Å². The molecular weight excluding hydrogens is 554 g/mol. The lowest BCUT2D eigenvalue weighted by Crippen LogP contribution is -2.23. The van der Waals surface area contributed by atoms with Gasteiger partial charge in [0.15, 0.2) is 5.88 Å². The number of nitrogens with zero attached hydrogens (tertiary/aromatic N) is 4. The molecule has 0 spiro atoms. The van der Waals surface area contributed by atoms with E-state index in [9.17, 15) is 26.7 Å². The van der Waals surface area contributed by atoms with Crippen molar-refractivity contribution in [1.82, 2.24) is 4.57 Å². The number of aliphatic hydroxyl groups is 1. The Morgan fingerprint density at radius 2 is 1.74 bits per heavy atom. The minimum atomic E-state index is -4.53. The molecule has 1 aromatic heterocycles. The maximum absolute atomic E-state index is 12.9. The Bertz CT molecular complexity index is 1710. The maximum Gasteiger partial charge on any atom is 0.294 e. The Labute approximate surface area is 223 Å². The molecule has 0 fully saturated rings. The number of benzene rings is 2. The molecule has 3 rings (SSSR count). The van der Waals surface area contributed by atoms with E-state index < -0.39 is 36.5 Å². The lowest BCUT2D eigenvalue weighted by atomic mass is 10.2. The van der Waals surface area contributed by atoms with Gasteiger partial charge in [-0.1, -0.05) is 6.07 Å². The maximum atomic E-state index is 12.9. The molecule has 0 saturated carbocycles. The number of aromatic nitrogens is 1. The van der Waals surface area contributed by atoms with Gasteiger partial charge in [-0.2, -0.15) is 13.5 Å². The predicted molar refractivity (Wildman–Crippen MR) is 139 cm³/mol. The highest BCUT2D eigenvalue weighted by Crippen LogP contribution is 2.34. The van der Waals surface area contributed by atoms with Crippen molar-refractivity contribution in [1.29, 1.82) is 0 Å². The number of pyridine rings is 1. The first-order valence-electron chi connectivity index (χ1n) is 11.0. The average Bonchev–Trinajstić information content (AvgIpc) is 2.88. The van der Waals surface area contributed by atoms with Gasteiger partial charge in [-0.25, -0.2) is 13.3 Å². The molecule has 0 aliphatic rings. The van der Waals surface area contributed by atoms with E-state index in [-0.39, 0.29) is 59.6 Å². The zero-order valence-corrected chi connectivity index (χ0v) is 22.0. The first kappa shape index (κ1) is 29.4. The van der Waals surface area contributed by atoms with Crippen LogP contribution in [0.15, 0.2) is 73.3 Å². The Morgan fingerprint density at radius 3 is 2.36 bits per heavy atom. The van der Waals surface area contributed by atoms with Crippen LogP contribution in [0, 0.1) is 13.5 Å². The van der Waals surface area contributed by atoms with Gasteiger partial charge in [-0.3, -0.25) is 18.6 Å². The highest BCUT2D eigenvalue weighted by molar-refractivity contribution is 7.92. The highest BCUT2D eigenvalue weighted by Gasteiger charge is 2.20. The van der Waals surface area contributed by atoms with Crippen molar-refractivity contribution >= 4 is 42.9 Å². The summed E-state index contributed by atoms with van der Waals surface area (Å²) in [6.07, 6.45) is 0. The molecule has 0 radical (unpaired) electrons. The van der Waals surface area contributed by atoms with Crippen molar-refractivity contribution in [3.63, 3.8) is 0 Å².